The molecule has 0 unspecified atom stereocenters. The Balaban J connectivity index is -0.000000648. The van der Waals surface area contributed by atoms with Crippen LogP contribution in [0.2, 0.25) is 0 Å². The van der Waals surface area contributed by atoms with E-state index in [1.54, 1.807) is 0 Å². The molecule has 0 N–H and O–H groups in total. The zero-order valence-electron chi connectivity index (χ0n) is 25.8. The summed E-state index contributed by atoms with van der Waals surface area (Å²) in [5.74, 6) is 0. The third-order valence-electron chi connectivity index (χ3n) is 5.99. The molecule has 0 atom stereocenters. The summed E-state index contributed by atoms with van der Waals surface area (Å²) in [6, 6.07) is 0. The molecule has 0 spiro atoms. The molecule has 0 heterocycles. The van der Waals surface area contributed by atoms with Crippen molar-refractivity contribution in [3.8, 4) is 0 Å². The second kappa shape index (κ2) is 34.9. The van der Waals surface area contributed by atoms with Crippen molar-refractivity contribution in [2.45, 2.75) is 156 Å². The van der Waals surface area contributed by atoms with E-state index in [-0.39, 0.29) is 19.5 Å². The van der Waals surface area contributed by atoms with Crippen LogP contribution >= 0.6 is 11.4 Å². The quantitative estimate of drug-likeness (QED) is 0.0343. The molecule has 39 heavy (non-hydrogen) atoms. The maximum absolute atomic E-state index is 5.56. The second-order valence-electron chi connectivity index (χ2n) is 9.88. The van der Waals surface area contributed by atoms with Gasteiger partial charge in [0, 0.05) is 0 Å². The molecule has 11 heteroatoms. The first-order chi connectivity index (χ1) is 18.2. The minimum atomic E-state index is -2.39. The molecule has 0 bridgehead atoms. The number of rotatable bonds is 28. The van der Waals surface area contributed by atoms with Gasteiger partial charge in [-0.1, -0.05) is 154 Å². The molecule has 0 aromatic carbocycles. The van der Waals surface area contributed by atoms with Gasteiger partial charge in [-0.3, -0.25) is 0 Å². The molecule has 0 aliphatic carbocycles. The van der Waals surface area contributed by atoms with Crippen LogP contribution in [0.3, 0.4) is 0 Å². The van der Waals surface area contributed by atoms with E-state index in [2.05, 4.69) is 27.7 Å². The molecule has 0 aromatic heterocycles. The largest absolute Gasteiger partial charge is 2.00 e. The van der Waals surface area contributed by atoms with Crippen LogP contribution in [0, 0.1) is 0 Å². The zero-order valence-corrected chi connectivity index (χ0v) is 33.9. The number of hydrogen-bond donors (Lipinski definition) is 0. The van der Waals surface area contributed by atoms with E-state index in [0.29, 0.717) is 26.4 Å². The average molecular weight is 716 g/mol. The molecule has 0 aliphatic rings. The Labute approximate surface area is 277 Å². The Morgan fingerprint density at radius 2 is 0.564 bits per heavy atom. The average Bonchev–Trinajstić information content (AvgIpc) is 2.88. The molecule has 0 aliphatic heterocycles. The normalized spacial score (nSPS) is 11.6. The molecular formula is C28H60O4P2S4Zn. The van der Waals surface area contributed by atoms with Crippen molar-refractivity contribution >= 4 is 59.5 Å². The van der Waals surface area contributed by atoms with Crippen molar-refractivity contribution in [1.82, 2.24) is 0 Å². The van der Waals surface area contributed by atoms with E-state index in [9.17, 15) is 0 Å². The van der Waals surface area contributed by atoms with Crippen molar-refractivity contribution < 1.29 is 37.6 Å². The second-order valence-corrected chi connectivity index (χ2v) is 19.9. The van der Waals surface area contributed by atoms with Gasteiger partial charge >= 0.3 is 19.5 Å². The van der Waals surface area contributed by atoms with Crippen LogP contribution in [0.4, 0.5) is 0 Å². The Kier molecular flexibility index (Phi) is 41.1. The molecule has 0 fully saturated rings. The number of unbranched alkanes of at least 4 members (excludes halogenated alkanes) is 16. The van der Waals surface area contributed by atoms with E-state index >= 15 is 0 Å². The van der Waals surface area contributed by atoms with E-state index in [1.165, 1.54) is 103 Å². The summed E-state index contributed by atoms with van der Waals surface area (Å²) in [5.41, 5.74) is -4.77. The summed E-state index contributed by atoms with van der Waals surface area (Å²) < 4.78 is 22.2. The molecular weight excluding hydrogens is 656 g/mol. The fourth-order valence-electron chi connectivity index (χ4n) is 3.60. The van der Waals surface area contributed by atoms with Crippen molar-refractivity contribution in [2.24, 2.45) is 0 Å². The third kappa shape index (κ3) is 40.5. The summed E-state index contributed by atoms with van der Waals surface area (Å²) in [7, 11) is 0. The van der Waals surface area contributed by atoms with Crippen LogP contribution in [0.1, 0.15) is 156 Å². The molecule has 4 nitrogen and oxygen atoms in total. The van der Waals surface area contributed by atoms with Gasteiger partial charge in [0.2, 0.25) is 0 Å². The monoisotopic (exact) mass is 714 g/mol. The van der Waals surface area contributed by atoms with E-state index in [4.69, 9.17) is 66.2 Å². The predicted molar refractivity (Wildman–Crippen MR) is 182 cm³/mol. The van der Waals surface area contributed by atoms with Gasteiger partial charge in [-0.25, -0.2) is 0 Å². The van der Waals surface area contributed by atoms with Crippen LogP contribution in [0.25, 0.3) is 0 Å². The summed E-state index contributed by atoms with van der Waals surface area (Å²) in [5, 5.41) is 0. The topological polar surface area (TPSA) is 36.9 Å². The third-order valence-corrected chi connectivity index (χ3v) is 10.5. The van der Waals surface area contributed by atoms with Crippen molar-refractivity contribution in [1.29, 1.82) is 0 Å². The van der Waals surface area contributed by atoms with Crippen LogP contribution in [0.5, 0.6) is 0 Å². The Morgan fingerprint density at radius 1 is 0.385 bits per heavy atom. The minimum absolute atomic E-state index is 0. The molecule has 0 saturated carbocycles. The maximum Gasteiger partial charge on any atom is 2.00 e. The van der Waals surface area contributed by atoms with Gasteiger partial charge in [0.25, 0.3) is 0 Å². The van der Waals surface area contributed by atoms with Crippen molar-refractivity contribution in [3.63, 3.8) is 0 Å². The van der Waals surface area contributed by atoms with Gasteiger partial charge in [-0.2, -0.15) is 0 Å². The smallest absolute Gasteiger partial charge is 0.691 e. The Morgan fingerprint density at radius 3 is 0.744 bits per heavy atom. The standard InChI is InChI=1S/2C14H31O2PS2.Zn/c2*1-3-5-7-9-11-13-15-17(18,19)16-14-12-10-8-6-4-2;/h2*3-14H2,1-2H3,(H,18,19);/q;;+2/p-2. The van der Waals surface area contributed by atoms with Crippen LogP contribution in [0.15, 0.2) is 0 Å². The van der Waals surface area contributed by atoms with Crippen LogP contribution in [-0.2, 0) is 85.7 Å². The first-order valence-corrected chi connectivity index (χ1v) is 22.7. The fraction of sp³-hybridized carbons (Fsp3) is 1.00. The summed E-state index contributed by atoms with van der Waals surface area (Å²) in [4.78, 5) is 0. The fourth-order valence-corrected chi connectivity index (χ4v) is 6.95. The summed E-state index contributed by atoms with van der Waals surface area (Å²) in [6.07, 6.45) is 24.4. The predicted octanol–water partition coefficient (Wildman–Crippen LogP) is 11.5. The van der Waals surface area contributed by atoms with Crippen molar-refractivity contribution in [3.05, 3.63) is 0 Å². The van der Waals surface area contributed by atoms with Gasteiger partial charge in [0.05, 0.1) is 37.8 Å². The number of hydrogen-bond acceptors (Lipinski definition) is 8. The molecule has 0 saturated heterocycles. The first-order valence-electron chi connectivity index (χ1n) is 15.4. The SMILES string of the molecule is CCCCCCCOP(=S)([S-])OCCCCCCC.CCCCCCCOP(=S)([S-])OCCCCCCC.[Zn+2]. The minimum Gasteiger partial charge on any atom is -0.691 e. The van der Waals surface area contributed by atoms with E-state index in [1.807, 2.05) is 0 Å². The van der Waals surface area contributed by atoms with E-state index < -0.39 is 11.4 Å². The molecule has 0 amide bonds. The zero-order chi connectivity index (χ0) is 28.8. The van der Waals surface area contributed by atoms with Gasteiger partial charge < -0.3 is 42.6 Å². The van der Waals surface area contributed by atoms with Gasteiger partial charge in [-0.15, -0.1) is 0 Å². The maximum atomic E-state index is 5.56. The molecule has 0 radical (unpaired) electrons. The molecule has 0 aromatic rings. The Hall–Kier alpha value is 2.46. The molecule has 0 rings (SSSR count). The van der Waals surface area contributed by atoms with E-state index in [0.717, 1.165) is 25.7 Å². The van der Waals surface area contributed by atoms with Crippen LogP contribution < -0.4 is 0 Å². The van der Waals surface area contributed by atoms with Crippen molar-refractivity contribution in [2.75, 3.05) is 26.4 Å². The molecule has 232 valence electrons. The van der Waals surface area contributed by atoms with Crippen LogP contribution in [-0.4, -0.2) is 26.4 Å². The van der Waals surface area contributed by atoms with Gasteiger partial charge in [0.1, 0.15) is 0 Å². The first kappa shape index (κ1) is 45.9. The van der Waals surface area contributed by atoms with Gasteiger partial charge in [-0.05, 0) is 25.7 Å². The summed E-state index contributed by atoms with van der Waals surface area (Å²) >= 11 is 20.9. The van der Waals surface area contributed by atoms with Gasteiger partial charge in [0.15, 0.2) is 0 Å². The Bertz CT molecular complexity index is 490. The summed E-state index contributed by atoms with van der Waals surface area (Å²) in [6.45, 7) is 11.5.